The zero-order valence-electron chi connectivity index (χ0n) is 9.63. The molecule has 0 fully saturated rings. The molecular weight excluding hydrogens is 172 g/mol. The SMILES string of the molecule is CC.Cc1cccc2c1COC[C@H]2C. The second-order valence-corrected chi connectivity index (χ2v) is 3.56. The largest absolute Gasteiger partial charge is 0.376 e. The van der Waals surface area contributed by atoms with Gasteiger partial charge in [0, 0.05) is 5.92 Å². The molecule has 0 unspecified atom stereocenters. The standard InChI is InChI=1S/C11H14O.C2H6/c1-8-4-3-5-10-9(2)6-12-7-11(8)10;1-2/h3-5,9H,6-7H2,1-2H3;1-2H3/t9-;/m1./s1. The van der Waals surface area contributed by atoms with Gasteiger partial charge in [0.2, 0.25) is 0 Å². The Kier molecular flexibility index (Phi) is 4.15. The van der Waals surface area contributed by atoms with E-state index in [1.807, 2.05) is 13.8 Å². The molecule has 14 heavy (non-hydrogen) atoms. The Morgan fingerprint density at radius 1 is 1.29 bits per heavy atom. The van der Waals surface area contributed by atoms with Gasteiger partial charge in [0.1, 0.15) is 0 Å². The van der Waals surface area contributed by atoms with E-state index < -0.39 is 0 Å². The fourth-order valence-electron chi connectivity index (χ4n) is 1.81. The topological polar surface area (TPSA) is 9.23 Å². The van der Waals surface area contributed by atoms with Crippen molar-refractivity contribution < 1.29 is 4.74 Å². The van der Waals surface area contributed by atoms with Gasteiger partial charge in [-0.1, -0.05) is 39.0 Å². The zero-order chi connectivity index (χ0) is 10.6. The third-order valence-electron chi connectivity index (χ3n) is 2.59. The Labute approximate surface area is 87.1 Å². The summed E-state index contributed by atoms with van der Waals surface area (Å²) in [5.74, 6) is 0.564. The van der Waals surface area contributed by atoms with Crippen LogP contribution in [0, 0.1) is 6.92 Å². The Hall–Kier alpha value is -0.820. The van der Waals surface area contributed by atoms with Crippen LogP contribution in [0.2, 0.25) is 0 Å². The van der Waals surface area contributed by atoms with Gasteiger partial charge in [-0.05, 0) is 23.6 Å². The summed E-state index contributed by atoms with van der Waals surface area (Å²) in [6.07, 6.45) is 0. The van der Waals surface area contributed by atoms with Crippen LogP contribution in [0.1, 0.15) is 43.4 Å². The van der Waals surface area contributed by atoms with Gasteiger partial charge in [0.05, 0.1) is 13.2 Å². The summed E-state index contributed by atoms with van der Waals surface area (Å²) >= 11 is 0. The van der Waals surface area contributed by atoms with Crippen LogP contribution in [0.5, 0.6) is 0 Å². The zero-order valence-corrected chi connectivity index (χ0v) is 9.63. The van der Waals surface area contributed by atoms with E-state index in [1.54, 1.807) is 0 Å². The van der Waals surface area contributed by atoms with Crippen LogP contribution in [0.4, 0.5) is 0 Å². The van der Waals surface area contributed by atoms with Crippen molar-refractivity contribution in [3.05, 3.63) is 34.9 Å². The molecule has 0 bridgehead atoms. The lowest BCUT2D eigenvalue weighted by Gasteiger charge is -2.23. The first-order valence-electron chi connectivity index (χ1n) is 5.45. The van der Waals surface area contributed by atoms with Crippen molar-refractivity contribution in [3.8, 4) is 0 Å². The van der Waals surface area contributed by atoms with Crippen molar-refractivity contribution in [1.29, 1.82) is 0 Å². The van der Waals surface area contributed by atoms with Crippen molar-refractivity contribution >= 4 is 0 Å². The molecule has 2 rings (SSSR count). The third-order valence-corrected chi connectivity index (χ3v) is 2.59. The van der Waals surface area contributed by atoms with E-state index in [9.17, 15) is 0 Å². The van der Waals surface area contributed by atoms with Crippen molar-refractivity contribution in [2.24, 2.45) is 0 Å². The Morgan fingerprint density at radius 3 is 2.64 bits per heavy atom. The van der Waals surface area contributed by atoms with E-state index in [0.717, 1.165) is 13.2 Å². The van der Waals surface area contributed by atoms with E-state index >= 15 is 0 Å². The van der Waals surface area contributed by atoms with E-state index in [2.05, 4.69) is 32.0 Å². The van der Waals surface area contributed by atoms with Gasteiger partial charge in [-0.15, -0.1) is 0 Å². The molecule has 0 saturated carbocycles. The van der Waals surface area contributed by atoms with Gasteiger partial charge in [0.15, 0.2) is 0 Å². The Morgan fingerprint density at radius 2 is 2.00 bits per heavy atom. The first-order valence-corrected chi connectivity index (χ1v) is 5.45. The van der Waals surface area contributed by atoms with Gasteiger partial charge < -0.3 is 4.74 Å². The minimum Gasteiger partial charge on any atom is -0.376 e. The maximum absolute atomic E-state index is 5.49. The number of hydrogen-bond acceptors (Lipinski definition) is 1. The summed E-state index contributed by atoms with van der Waals surface area (Å²) < 4.78 is 5.49. The molecule has 1 heterocycles. The lowest BCUT2D eigenvalue weighted by Crippen LogP contribution is -2.15. The fourth-order valence-corrected chi connectivity index (χ4v) is 1.81. The molecule has 1 nitrogen and oxygen atoms in total. The number of fused-ring (bicyclic) bond motifs is 1. The van der Waals surface area contributed by atoms with Gasteiger partial charge in [0.25, 0.3) is 0 Å². The van der Waals surface area contributed by atoms with Crippen LogP contribution in [-0.2, 0) is 11.3 Å². The second kappa shape index (κ2) is 5.16. The van der Waals surface area contributed by atoms with Gasteiger partial charge in [-0.2, -0.15) is 0 Å². The van der Waals surface area contributed by atoms with Gasteiger partial charge >= 0.3 is 0 Å². The van der Waals surface area contributed by atoms with E-state index in [4.69, 9.17) is 4.74 Å². The highest BCUT2D eigenvalue weighted by molar-refractivity contribution is 5.37. The van der Waals surface area contributed by atoms with E-state index in [-0.39, 0.29) is 0 Å². The molecule has 1 atom stereocenters. The fraction of sp³-hybridized carbons (Fsp3) is 0.538. The van der Waals surface area contributed by atoms with Gasteiger partial charge in [-0.25, -0.2) is 0 Å². The molecule has 1 aromatic rings. The van der Waals surface area contributed by atoms with Crippen molar-refractivity contribution in [1.82, 2.24) is 0 Å². The molecule has 1 heteroatoms. The predicted octanol–water partition coefficient (Wildman–Crippen LogP) is 3.65. The first kappa shape index (κ1) is 11.3. The molecular formula is C13H20O. The summed E-state index contributed by atoms with van der Waals surface area (Å²) in [5, 5.41) is 0. The van der Waals surface area contributed by atoms with Crippen LogP contribution in [0.3, 0.4) is 0 Å². The predicted molar refractivity (Wildman–Crippen MR) is 60.6 cm³/mol. The molecule has 0 N–H and O–H groups in total. The molecule has 0 spiro atoms. The summed E-state index contributed by atoms with van der Waals surface area (Å²) in [7, 11) is 0. The molecule has 1 aromatic carbocycles. The highest BCUT2D eigenvalue weighted by Gasteiger charge is 2.17. The molecule has 0 aliphatic carbocycles. The van der Waals surface area contributed by atoms with Crippen LogP contribution >= 0.6 is 0 Å². The summed E-state index contributed by atoms with van der Waals surface area (Å²) in [6, 6.07) is 6.51. The number of rotatable bonds is 0. The minimum absolute atomic E-state index is 0.564. The number of hydrogen-bond donors (Lipinski definition) is 0. The molecule has 0 aromatic heterocycles. The number of benzene rings is 1. The molecule has 0 radical (unpaired) electrons. The first-order chi connectivity index (χ1) is 6.79. The Bertz CT molecular complexity index is 291. The molecule has 0 saturated heterocycles. The van der Waals surface area contributed by atoms with E-state index in [1.165, 1.54) is 16.7 Å². The minimum atomic E-state index is 0.564. The Balaban J connectivity index is 0.000000461. The average molecular weight is 192 g/mol. The lowest BCUT2D eigenvalue weighted by molar-refractivity contribution is 0.0946. The summed E-state index contributed by atoms with van der Waals surface area (Å²) in [4.78, 5) is 0. The lowest BCUT2D eigenvalue weighted by atomic mass is 9.92. The summed E-state index contributed by atoms with van der Waals surface area (Å²) in [5.41, 5.74) is 4.23. The number of ether oxygens (including phenoxy) is 1. The van der Waals surface area contributed by atoms with Crippen LogP contribution in [0.25, 0.3) is 0 Å². The summed E-state index contributed by atoms with van der Waals surface area (Å²) in [6.45, 7) is 10.0. The molecule has 78 valence electrons. The van der Waals surface area contributed by atoms with Crippen LogP contribution in [0.15, 0.2) is 18.2 Å². The van der Waals surface area contributed by atoms with Gasteiger partial charge in [-0.3, -0.25) is 0 Å². The maximum atomic E-state index is 5.49. The van der Waals surface area contributed by atoms with Crippen molar-refractivity contribution in [2.45, 2.75) is 40.2 Å². The van der Waals surface area contributed by atoms with E-state index in [0.29, 0.717) is 5.92 Å². The molecule has 1 aliphatic rings. The third kappa shape index (κ3) is 2.16. The second-order valence-electron chi connectivity index (χ2n) is 3.56. The van der Waals surface area contributed by atoms with Crippen molar-refractivity contribution in [2.75, 3.05) is 6.61 Å². The monoisotopic (exact) mass is 192 g/mol. The van der Waals surface area contributed by atoms with Crippen LogP contribution in [-0.4, -0.2) is 6.61 Å². The highest BCUT2D eigenvalue weighted by atomic mass is 16.5. The number of aryl methyl sites for hydroxylation is 1. The quantitative estimate of drug-likeness (QED) is 0.609. The van der Waals surface area contributed by atoms with Crippen LogP contribution < -0.4 is 0 Å². The molecule has 1 aliphatic heterocycles. The van der Waals surface area contributed by atoms with Crippen molar-refractivity contribution in [3.63, 3.8) is 0 Å². The smallest absolute Gasteiger partial charge is 0.0722 e. The molecule has 0 amide bonds. The highest BCUT2D eigenvalue weighted by Crippen LogP contribution is 2.27. The average Bonchev–Trinajstić information content (AvgIpc) is 2.23. The maximum Gasteiger partial charge on any atom is 0.0722 e. The normalized spacial score (nSPS) is 19.3.